The van der Waals surface area contributed by atoms with Crippen molar-refractivity contribution >= 4 is 21.7 Å². The normalized spacial score (nSPS) is 10.4. The number of halogens is 2. The van der Waals surface area contributed by atoms with Gasteiger partial charge in [-0.1, -0.05) is 12.1 Å². The SMILES string of the molecule is Nc1nn(-c2ccccc2F)cc1Br. The first-order valence-corrected chi connectivity index (χ1v) is 4.73. The summed E-state index contributed by atoms with van der Waals surface area (Å²) < 4.78 is 15.4. The van der Waals surface area contributed by atoms with Gasteiger partial charge in [-0.15, -0.1) is 5.10 Å². The van der Waals surface area contributed by atoms with Crippen LogP contribution in [0.5, 0.6) is 0 Å². The van der Waals surface area contributed by atoms with E-state index in [1.54, 1.807) is 24.4 Å². The van der Waals surface area contributed by atoms with Gasteiger partial charge in [0.2, 0.25) is 0 Å². The first kappa shape index (κ1) is 9.21. The maximum absolute atomic E-state index is 13.3. The van der Waals surface area contributed by atoms with Gasteiger partial charge < -0.3 is 5.73 Å². The smallest absolute Gasteiger partial charge is 0.160 e. The standard InChI is InChI=1S/C9H7BrFN3/c10-6-5-14(13-9(6)12)8-4-2-1-3-7(8)11/h1-5H,(H2,12,13). The van der Waals surface area contributed by atoms with Crippen LogP contribution in [0.15, 0.2) is 34.9 Å². The molecule has 0 amide bonds. The molecule has 3 nitrogen and oxygen atoms in total. The molecule has 0 spiro atoms. The Bertz CT molecular complexity index is 447. The molecule has 72 valence electrons. The molecule has 2 rings (SSSR count). The second kappa shape index (κ2) is 3.42. The highest BCUT2D eigenvalue weighted by molar-refractivity contribution is 9.10. The quantitative estimate of drug-likeness (QED) is 0.851. The summed E-state index contributed by atoms with van der Waals surface area (Å²) in [6.45, 7) is 0. The lowest BCUT2D eigenvalue weighted by Gasteiger charge is -2.00. The number of nitrogens with two attached hydrogens (primary N) is 1. The molecule has 5 heteroatoms. The summed E-state index contributed by atoms with van der Waals surface area (Å²) in [6, 6.07) is 6.38. The average Bonchev–Trinajstić information content (AvgIpc) is 2.48. The number of nitrogens with zero attached hydrogens (tertiary/aromatic N) is 2. The van der Waals surface area contributed by atoms with Crippen LogP contribution in [0.4, 0.5) is 10.2 Å². The molecule has 0 aliphatic carbocycles. The van der Waals surface area contributed by atoms with Gasteiger partial charge in [-0.05, 0) is 28.1 Å². The number of nitrogen functional groups attached to an aromatic ring is 1. The molecule has 2 N–H and O–H groups in total. The molecule has 0 aliphatic rings. The van der Waals surface area contributed by atoms with Crippen molar-refractivity contribution in [3.05, 3.63) is 40.8 Å². The van der Waals surface area contributed by atoms with Gasteiger partial charge in [0.15, 0.2) is 5.82 Å². The minimum absolute atomic E-state index is 0.331. The van der Waals surface area contributed by atoms with Crippen LogP contribution in [0.3, 0.4) is 0 Å². The van der Waals surface area contributed by atoms with Gasteiger partial charge in [-0.2, -0.15) is 0 Å². The fourth-order valence-corrected chi connectivity index (χ4v) is 1.40. The molecule has 0 aliphatic heterocycles. The van der Waals surface area contributed by atoms with Crippen LogP contribution in [-0.2, 0) is 0 Å². The van der Waals surface area contributed by atoms with E-state index in [0.717, 1.165) is 0 Å². The van der Waals surface area contributed by atoms with E-state index in [9.17, 15) is 4.39 Å². The van der Waals surface area contributed by atoms with Crippen LogP contribution in [0.1, 0.15) is 0 Å². The maximum atomic E-state index is 13.3. The summed E-state index contributed by atoms with van der Waals surface area (Å²) >= 11 is 3.21. The second-order valence-corrected chi connectivity index (χ2v) is 3.61. The third-order valence-electron chi connectivity index (χ3n) is 1.80. The second-order valence-electron chi connectivity index (χ2n) is 2.76. The minimum Gasteiger partial charge on any atom is -0.381 e. The average molecular weight is 256 g/mol. The van der Waals surface area contributed by atoms with Crippen LogP contribution >= 0.6 is 15.9 Å². The highest BCUT2D eigenvalue weighted by Crippen LogP contribution is 2.20. The molecule has 2 aromatic rings. The highest BCUT2D eigenvalue weighted by Gasteiger charge is 2.07. The Balaban J connectivity index is 2.55. The van der Waals surface area contributed by atoms with Crippen molar-refractivity contribution in [2.45, 2.75) is 0 Å². The van der Waals surface area contributed by atoms with E-state index in [0.29, 0.717) is 16.0 Å². The van der Waals surface area contributed by atoms with Crippen molar-refractivity contribution in [2.75, 3.05) is 5.73 Å². The number of para-hydroxylation sites is 1. The fourth-order valence-electron chi connectivity index (χ4n) is 1.13. The maximum Gasteiger partial charge on any atom is 0.160 e. The zero-order valence-electron chi connectivity index (χ0n) is 7.11. The topological polar surface area (TPSA) is 43.8 Å². The Labute approximate surface area is 88.5 Å². The molecule has 1 aromatic carbocycles. The Morgan fingerprint density at radius 2 is 2.07 bits per heavy atom. The lowest BCUT2D eigenvalue weighted by molar-refractivity contribution is 0.611. The number of rotatable bonds is 1. The molecule has 0 fully saturated rings. The summed E-state index contributed by atoms with van der Waals surface area (Å²) in [5, 5.41) is 3.95. The Morgan fingerprint density at radius 3 is 2.64 bits per heavy atom. The zero-order chi connectivity index (χ0) is 10.1. The zero-order valence-corrected chi connectivity index (χ0v) is 8.70. The van der Waals surface area contributed by atoms with E-state index in [1.807, 2.05) is 0 Å². The van der Waals surface area contributed by atoms with Crippen molar-refractivity contribution in [3.63, 3.8) is 0 Å². The lowest BCUT2D eigenvalue weighted by atomic mass is 10.3. The van der Waals surface area contributed by atoms with E-state index in [-0.39, 0.29) is 5.82 Å². The summed E-state index contributed by atoms with van der Waals surface area (Å²) in [4.78, 5) is 0. The number of anilines is 1. The summed E-state index contributed by atoms with van der Waals surface area (Å²) in [5.41, 5.74) is 5.91. The molecule has 0 atom stereocenters. The van der Waals surface area contributed by atoms with Gasteiger partial charge >= 0.3 is 0 Å². The number of hydrogen-bond donors (Lipinski definition) is 1. The fraction of sp³-hybridized carbons (Fsp3) is 0. The Kier molecular flexibility index (Phi) is 2.25. The van der Waals surface area contributed by atoms with E-state index in [1.165, 1.54) is 10.7 Å². The number of aromatic nitrogens is 2. The number of hydrogen-bond acceptors (Lipinski definition) is 2. The Morgan fingerprint density at radius 1 is 1.36 bits per heavy atom. The highest BCUT2D eigenvalue weighted by atomic mass is 79.9. The van der Waals surface area contributed by atoms with Crippen LogP contribution in [0, 0.1) is 5.82 Å². The monoisotopic (exact) mass is 255 g/mol. The van der Waals surface area contributed by atoms with Crippen LogP contribution in [0.25, 0.3) is 5.69 Å². The van der Waals surface area contributed by atoms with E-state index in [4.69, 9.17) is 5.73 Å². The van der Waals surface area contributed by atoms with Crippen molar-refractivity contribution in [1.29, 1.82) is 0 Å². The van der Waals surface area contributed by atoms with Gasteiger partial charge in [-0.3, -0.25) is 0 Å². The van der Waals surface area contributed by atoms with E-state index >= 15 is 0 Å². The first-order chi connectivity index (χ1) is 6.68. The van der Waals surface area contributed by atoms with E-state index < -0.39 is 0 Å². The van der Waals surface area contributed by atoms with E-state index in [2.05, 4.69) is 21.0 Å². The Hall–Kier alpha value is -1.36. The summed E-state index contributed by atoms with van der Waals surface area (Å²) in [7, 11) is 0. The van der Waals surface area contributed by atoms with Gasteiger partial charge in [0.25, 0.3) is 0 Å². The molecule has 0 saturated carbocycles. The summed E-state index contributed by atoms with van der Waals surface area (Å²) in [5.74, 6) is 0.00996. The minimum atomic E-state index is -0.331. The van der Waals surface area contributed by atoms with Gasteiger partial charge in [0, 0.05) is 6.20 Å². The van der Waals surface area contributed by atoms with Crippen LogP contribution in [-0.4, -0.2) is 9.78 Å². The van der Waals surface area contributed by atoms with Crippen molar-refractivity contribution in [1.82, 2.24) is 9.78 Å². The first-order valence-electron chi connectivity index (χ1n) is 3.94. The molecule has 14 heavy (non-hydrogen) atoms. The van der Waals surface area contributed by atoms with Crippen molar-refractivity contribution < 1.29 is 4.39 Å². The van der Waals surface area contributed by atoms with Gasteiger partial charge in [0.05, 0.1) is 4.47 Å². The molecular weight excluding hydrogens is 249 g/mol. The predicted octanol–water partition coefficient (Wildman–Crippen LogP) is 2.36. The molecule has 0 unspecified atom stereocenters. The van der Waals surface area contributed by atoms with Crippen LogP contribution < -0.4 is 5.73 Å². The summed E-state index contributed by atoms with van der Waals surface area (Å²) in [6.07, 6.45) is 1.62. The predicted molar refractivity (Wildman–Crippen MR) is 55.6 cm³/mol. The van der Waals surface area contributed by atoms with Crippen LogP contribution in [0.2, 0.25) is 0 Å². The molecule has 1 heterocycles. The van der Waals surface area contributed by atoms with Gasteiger partial charge in [-0.25, -0.2) is 9.07 Å². The molecule has 0 bridgehead atoms. The molecule has 1 aromatic heterocycles. The number of benzene rings is 1. The van der Waals surface area contributed by atoms with Crippen molar-refractivity contribution in [2.24, 2.45) is 0 Å². The molecule has 0 saturated heterocycles. The third-order valence-corrected chi connectivity index (χ3v) is 2.41. The van der Waals surface area contributed by atoms with Crippen molar-refractivity contribution in [3.8, 4) is 5.69 Å². The molecule has 0 radical (unpaired) electrons. The molecular formula is C9H7BrFN3. The largest absolute Gasteiger partial charge is 0.381 e. The lowest BCUT2D eigenvalue weighted by Crippen LogP contribution is -1.98. The van der Waals surface area contributed by atoms with Gasteiger partial charge in [0.1, 0.15) is 11.5 Å². The third kappa shape index (κ3) is 1.50.